The molecule has 1 nitrogen and oxygen atoms in total. The van der Waals surface area contributed by atoms with Gasteiger partial charge in [-0.05, 0) is 36.2 Å². The molecular weight excluding hydrogens is 234 g/mol. The number of rotatable bonds is 3. The fourth-order valence-electron chi connectivity index (χ4n) is 1.64. The Bertz CT molecular complexity index is 576. The van der Waals surface area contributed by atoms with E-state index in [1.165, 1.54) is 12.1 Å². The van der Waals surface area contributed by atoms with Crippen molar-refractivity contribution in [3.63, 3.8) is 0 Å². The lowest BCUT2D eigenvalue weighted by molar-refractivity contribution is 0.474. The minimum absolute atomic E-state index is 0.203. The van der Waals surface area contributed by atoms with Crippen LogP contribution in [0.25, 0.3) is 6.08 Å². The molecule has 0 aliphatic rings. The monoisotopic (exact) mass is 246 g/mol. The number of hydrogen-bond acceptors (Lipinski definition) is 1. The van der Waals surface area contributed by atoms with E-state index in [1.54, 1.807) is 30.4 Å². The number of halogens is 2. The molecule has 0 radical (unpaired) electrons. The molecule has 92 valence electrons. The molecule has 0 unspecified atom stereocenters. The van der Waals surface area contributed by atoms with E-state index in [0.29, 0.717) is 12.0 Å². The maximum Gasteiger partial charge on any atom is 0.133 e. The zero-order valence-electron chi connectivity index (χ0n) is 9.61. The van der Waals surface area contributed by atoms with Gasteiger partial charge in [-0.1, -0.05) is 24.3 Å². The van der Waals surface area contributed by atoms with Gasteiger partial charge in [0.15, 0.2) is 0 Å². The zero-order chi connectivity index (χ0) is 13.0. The minimum atomic E-state index is -0.586. The van der Waals surface area contributed by atoms with E-state index in [4.69, 9.17) is 0 Å². The smallest absolute Gasteiger partial charge is 0.133 e. The highest BCUT2D eigenvalue weighted by atomic mass is 19.1. The van der Waals surface area contributed by atoms with Crippen molar-refractivity contribution in [2.24, 2.45) is 0 Å². The number of phenols is 1. The summed E-state index contributed by atoms with van der Waals surface area (Å²) < 4.78 is 26.0. The lowest BCUT2D eigenvalue weighted by Gasteiger charge is -1.98. The molecular formula is C15H12F2O. The SMILES string of the molecule is Oc1cccc(C/C=C/c2ccc(F)cc2F)c1. The molecule has 3 heteroatoms. The molecule has 18 heavy (non-hydrogen) atoms. The van der Waals surface area contributed by atoms with E-state index in [0.717, 1.165) is 11.6 Å². The van der Waals surface area contributed by atoms with Gasteiger partial charge in [-0.3, -0.25) is 0 Å². The molecule has 0 amide bonds. The van der Waals surface area contributed by atoms with Crippen molar-refractivity contribution in [1.29, 1.82) is 0 Å². The Kier molecular flexibility index (Phi) is 3.72. The number of aromatic hydroxyl groups is 1. The molecule has 1 N–H and O–H groups in total. The minimum Gasteiger partial charge on any atom is -0.508 e. The van der Waals surface area contributed by atoms with Gasteiger partial charge in [0, 0.05) is 11.6 Å². The first-order valence-corrected chi connectivity index (χ1v) is 5.54. The maximum absolute atomic E-state index is 13.3. The molecule has 0 fully saturated rings. The summed E-state index contributed by atoms with van der Waals surface area (Å²) in [6.45, 7) is 0. The number of phenolic OH excluding ortho intramolecular Hbond substituents is 1. The second-order valence-electron chi connectivity index (χ2n) is 3.94. The van der Waals surface area contributed by atoms with Crippen LogP contribution in [-0.2, 0) is 6.42 Å². The molecule has 0 aliphatic heterocycles. The second kappa shape index (κ2) is 5.45. The lowest BCUT2D eigenvalue weighted by Crippen LogP contribution is -1.85. The normalized spacial score (nSPS) is 11.0. The summed E-state index contributed by atoms with van der Waals surface area (Å²) in [6, 6.07) is 10.3. The highest BCUT2D eigenvalue weighted by Crippen LogP contribution is 2.14. The molecule has 2 aromatic rings. The van der Waals surface area contributed by atoms with Crippen LogP contribution in [-0.4, -0.2) is 5.11 Å². The molecule has 2 rings (SSSR count). The lowest BCUT2D eigenvalue weighted by atomic mass is 10.1. The highest BCUT2D eigenvalue weighted by Gasteiger charge is 1.99. The standard InChI is InChI=1S/C15H12F2O/c16-13-8-7-12(15(17)10-13)5-1-3-11-4-2-6-14(18)9-11/h1-2,4-10,18H,3H2/b5-1+. The third-order valence-corrected chi connectivity index (χ3v) is 2.52. The Hall–Kier alpha value is -2.16. The fourth-order valence-corrected chi connectivity index (χ4v) is 1.64. The largest absolute Gasteiger partial charge is 0.508 e. The van der Waals surface area contributed by atoms with Crippen molar-refractivity contribution >= 4 is 6.08 Å². The van der Waals surface area contributed by atoms with Crippen LogP contribution in [0.1, 0.15) is 11.1 Å². The van der Waals surface area contributed by atoms with Crippen LogP contribution in [0.5, 0.6) is 5.75 Å². The molecule has 0 aromatic heterocycles. The predicted octanol–water partition coefficient (Wildman–Crippen LogP) is 3.93. The van der Waals surface area contributed by atoms with Gasteiger partial charge in [-0.15, -0.1) is 0 Å². The average Bonchev–Trinajstić information content (AvgIpc) is 2.32. The van der Waals surface area contributed by atoms with Crippen molar-refractivity contribution in [3.05, 3.63) is 71.3 Å². The molecule has 0 spiro atoms. The Morgan fingerprint density at radius 1 is 1.06 bits per heavy atom. The van der Waals surface area contributed by atoms with E-state index >= 15 is 0 Å². The molecule has 0 saturated heterocycles. The van der Waals surface area contributed by atoms with Crippen LogP contribution in [0.4, 0.5) is 8.78 Å². The van der Waals surface area contributed by atoms with Crippen LogP contribution >= 0.6 is 0 Å². The van der Waals surface area contributed by atoms with Crippen molar-refractivity contribution < 1.29 is 13.9 Å². The first-order valence-electron chi connectivity index (χ1n) is 5.54. The maximum atomic E-state index is 13.3. The van der Waals surface area contributed by atoms with E-state index in [-0.39, 0.29) is 5.75 Å². The van der Waals surface area contributed by atoms with Gasteiger partial charge in [-0.25, -0.2) is 8.78 Å². The third kappa shape index (κ3) is 3.17. The topological polar surface area (TPSA) is 20.2 Å². The molecule has 0 aliphatic carbocycles. The first-order chi connectivity index (χ1) is 8.65. The molecule has 0 heterocycles. The summed E-state index contributed by atoms with van der Waals surface area (Å²) in [5.74, 6) is -0.964. The molecule has 0 atom stereocenters. The second-order valence-corrected chi connectivity index (χ2v) is 3.94. The predicted molar refractivity (Wildman–Crippen MR) is 67.2 cm³/mol. The number of hydrogen-bond donors (Lipinski definition) is 1. The van der Waals surface area contributed by atoms with Crippen molar-refractivity contribution in [2.75, 3.05) is 0 Å². The van der Waals surface area contributed by atoms with Gasteiger partial charge in [0.2, 0.25) is 0 Å². The van der Waals surface area contributed by atoms with Crippen LogP contribution in [0.2, 0.25) is 0 Å². The fraction of sp³-hybridized carbons (Fsp3) is 0.0667. The first kappa shape index (κ1) is 12.3. The van der Waals surface area contributed by atoms with Gasteiger partial charge in [0.05, 0.1) is 0 Å². The van der Waals surface area contributed by atoms with E-state index in [2.05, 4.69) is 0 Å². The van der Waals surface area contributed by atoms with Crippen molar-refractivity contribution in [2.45, 2.75) is 6.42 Å². The molecule has 0 saturated carbocycles. The Morgan fingerprint density at radius 3 is 2.61 bits per heavy atom. The summed E-state index contributed by atoms with van der Waals surface area (Å²) in [5.41, 5.74) is 1.27. The number of allylic oxidation sites excluding steroid dienone is 1. The van der Waals surface area contributed by atoms with Gasteiger partial charge in [0.1, 0.15) is 17.4 Å². The van der Waals surface area contributed by atoms with Crippen LogP contribution in [0.15, 0.2) is 48.5 Å². The summed E-state index contributed by atoms with van der Waals surface area (Å²) in [5, 5.41) is 9.28. The van der Waals surface area contributed by atoms with Crippen molar-refractivity contribution in [1.82, 2.24) is 0 Å². The van der Waals surface area contributed by atoms with Crippen LogP contribution in [0.3, 0.4) is 0 Å². The molecule has 2 aromatic carbocycles. The Morgan fingerprint density at radius 2 is 1.89 bits per heavy atom. The molecule has 0 bridgehead atoms. The quantitative estimate of drug-likeness (QED) is 0.870. The van der Waals surface area contributed by atoms with E-state index < -0.39 is 11.6 Å². The zero-order valence-corrected chi connectivity index (χ0v) is 9.61. The van der Waals surface area contributed by atoms with Gasteiger partial charge in [-0.2, -0.15) is 0 Å². The third-order valence-electron chi connectivity index (χ3n) is 2.52. The van der Waals surface area contributed by atoms with Gasteiger partial charge >= 0.3 is 0 Å². The number of benzene rings is 2. The van der Waals surface area contributed by atoms with Crippen LogP contribution in [0, 0.1) is 11.6 Å². The summed E-state index contributed by atoms with van der Waals surface area (Å²) in [6.07, 6.45) is 3.94. The van der Waals surface area contributed by atoms with Crippen molar-refractivity contribution in [3.8, 4) is 5.75 Å². The Balaban J connectivity index is 2.07. The average molecular weight is 246 g/mol. The Labute approximate surface area is 104 Å². The van der Waals surface area contributed by atoms with E-state index in [9.17, 15) is 13.9 Å². The van der Waals surface area contributed by atoms with E-state index in [1.807, 2.05) is 6.07 Å². The summed E-state index contributed by atoms with van der Waals surface area (Å²) >= 11 is 0. The van der Waals surface area contributed by atoms with Gasteiger partial charge < -0.3 is 5.11 Å². The summed E-state index contributed by atoms with van der Waals surface area (Å²) in [4.78, 5) is 0. The van der Waals surface area contributed by atoms with Gasteiger partial charge in [0.25, 0.3) is 0 Å². The highest BCUT2D eigenvalue weighted by molar-refractivity contribution is 5.50. The summed E-state index contributed by atoms with van der Waals surface area (Å²) in [7, 11) is 0. The van der Waals surface area contributed by atoms with Crippen LogP contribution < -0.4 is 0 Å².